The quantitative estimate of drug-likeness (QED) is 0.821. The molecule has 2 N–H and O–H groups in total. The summed E-state index contributed by atoms with van der Waals surface area (Å²) in [6.07, 6.45) is 0.879. The summed E-state index contributed by atoms with van der Waals surface area (Å²) < 4.78 is 5.08. The third kappa shape index (κ3) is 3.59. The Hall–Kier alpha value is -2.33. The van der Waals surface area contributed by atoms with Crippen LogP contribution in [0.2, 0.25) is 0 Å². The number of benzene rings is 2. The summed E-state index contributed by atoms with van der Waals surface area (Å²) in [5.41, 5.74) is 1.38. The Morgan fingerprint density at radius 1 is 1.20 bits per heavy atom. The van der Waals surface area contributed by atoms with Crippen LogP contribution < -0.4 is 4.74 Å². The van der Waals surface area contributed by atoms with Gasteiger partial charge in [0.1, 0.15) is 11.5 Å². The van der Waals surface area contributed by atoms with Crippen LogP contribution in [-0.2, 0) is 0 Å². The van der Waals surface area contributed by atoms with E-state index in [9.17, 15) is 10.2 Å². The first kappa shape index (κ1) is 14.1. The van der Waals surface area contributed by atoms with E-state index in [0.29, 0.717) is 11.3 Å². The van der Waals surface area contributed by atoms with Crippen LogP contribution in [-0.4, -0.2) is 30.1 Å². The van der Waals surface area contributed by atoms with Crippen molar-refractivity contribution in [2.45, 2.75) is 6.10 Å². The van der Waals surface area contributed by atoms with Crippen LogP contribution in [0.5, 0.6) is 11.5 Å². The van der Waals surface area contributed by atoms with Gasteiger partial charge in [0.25, 0.3) is 0 Å². The Labute approximate surface area is 118 Å². The average Bonchev–Trinajstić information content (AvgIpc) is 2.50. The summed E-state index contributed by atoms with van der Waals surface area (Å²) in [5, 5.41) is 19.7. The highest BCUT2D eigenvalue weighted by molar-refractivity contribution is 5.84. The lowest BCUT2D eigenvalue weighted by Crippen LogP contribution is -2.01. The van der Waals surface area contributed by atoms with E-state index >= 15 is 0 Å². The topological polar surface area (TPSA) is 62.0 Å². The maximum absolute atomic E-state index is 9.97. The number of methoxy groups -OCH3 is 1. The zero-order valence-electron chi connectivity index (χ0n) is 11.2. The summed E-state index contributed by atoms with van der Waals surface area (Å²) >= 11 is 0. The van der Waals surface area contributed by atoms with E-state index in [1.165, 1.54) is 6.21 Å². The lowest BCUT2D eigenvalue weighted by atomic mass is 10.1. The second-order valence-corrected chi connectivity index (χ2v) is 4.35. The van der Waals surface area contributed by atoms with Gasteiger partial charge in [0.2, 0.25) is 0 Å². The molecule has 20 heavy (non-hydrogen) atoms. The molecular weight excluding hydrogens is 254 g/mol. The van der Waals surface area contributed by atoms with Gasteiger partial charge in [-0.05, 0) is 23.8 Å². The Morgan fingerprint density at radius 3 is 2.65 bits per heavy atom. The highest BCUT2D eigenvalue weighted by Crippen LogP contribution is 2.21. The predicted molar refractivity (Wildman–Crippen MR) is 78.5 cm³/mol. The van der Waals surface area contributed by atoms with Crippen molar-refractivity contribution in [2.75, 3.05) is 13.7 Å². The van der Waals surface area contributed by atoms with Crippen molar-refractivity contribution < 1.29 is 14.9 Å². The van der Waals surface area contributed by atoms with Crippen molar-refractivity contribution in [1.82, 2.24) is 0 Å². The van der Waals surface area contributed by atoms with Crippen LogP contribution in [0, 0.1) is 0 Å². The molecule has 0 heterocycles. The second kappa shape index (κ2) is 6.73. The molecule has 0 fully saturated rings. The van der Waals surface area contributed by atoms with Gasteiger partial charge >= 0.3 is 0 Å². The van der Waals surface area contributed by atoms with Crippen molar-refractivity contribution in [3.8, 4) is 11.5 Å². The lowest BCUT2D eigenvalue weighted by molar-refractivity contribution is 0.187. The lowest BCUT2D eigenvalue weighted by Gasteiger charge is -2.07. The number of rotatable bonds is 5. The molecule has 2 aromatic carbocycles. The molecule has 0 unspecified atom stereocenters. The minimum atomic E-state index is -0.653. The fraction of sp³-hybridized carbons (Fsp3) is 0.188. The van der Waals surface area contributed by atoms with E-state index in [-0.39, 0.29) is 12.3 Å². The van der Waals surface area contributed by atoms with E-state index in [0.717, 1.165) is 5.56 Å². The minimum absolute atomic E-state index is 0.128. The molecule has 0 aliphatic heterocycles. The minimum Gasteiger partial charge on any atom is -0.507 e. The molecule has 1 atom stereocenters. The first-order chi connectivity index (χ1) is 9.70. The predicted octanol–water partition coefficient (Wildman–Crippen LogP) is 2.55. The van der Waals surface area contributed by atoms with Gasteiger partial charge in [-0.1, -0.05) is 30.3 Å². The van der Waals surface area contributed by atoms with Crippen LogP contribution in [0.4, 0.5) is 0 Å². The van der Waals surface area contributed by atoms with Crippen molar-refractivity contribution in [3.63, 3.8) is 0 Å². The van der Waals surface area contributed by atoms with Crippen LogP contribution >= 0.6 is 0 Å². The van der Waals surface area contributed by atoms with E-state index in [4.69, 9.17) is 4.74 Å². The number of hydrogen-bond acceptors (Lipinski definition) is 4. The third-order valence-electron chi connectivity index (χ3n) is 2.93. The Morgan fingerprint density at radius 2 is 1.95 bits per heavy atom. The molecule has 0 aliphatic carbocycles. The summed E-state index contributed by atoms with van der Waals surface area (Å²) in [4.78, 5) is 4.16. The van der Waals surface area contributed by atoms with Gasteiger partial charge in [0.15, 0.2) is 0 Å². The molecule has 0 saturated carbocycles. The molecule has 0 saturated heterocycles. The van der Waals surface area contributed by atoms with Gasteiger partial charge in [-0.2, -0.15) is 0 Å². The number of phenolic OH excluding ortho intramolecular Hbond substituents is 1. The number of aliphatic hydroxyl groups excluding tert-OH is 1. The third-order valence-corrected chi connectivity index (χ3v) is 2.93. The molecule has 0 spiro atoms. The molecule has 0 aliphatic rings. The van der Waals surface area contributed by atoms with Gasteiger partial charge in [-0.15, -0.1) is 0 Å². The molecule has 0 aromatic heterocycles. The van der Waals surface area contributed by atoms with Crippen LogP contribution in [0.1, 0.15) is 17.2 Å². The molecule has 0 radical (unpaired) electrons. The number of nitrogens with zero attached hydrogens (tertiary/aromatic N) is 1. The fourth-order valence-corrected chi connectivity index (χ4v) is 1.79. The van der Waals surface area contributed by atoms with Crippen molar-refractivity contribution in [2.24, 2.45) is 4.99 Å². The highest BCUT2D eigenvalue weighted by Gasteiger charge is 2.05. The summed E-state index contributed by atoms with van der Waals surface area (Å²) in [7, 11) is 1.56. The SMILES string of the molecule is COc1ccc(O)c(C=NC[C@@H](O)c2ccccc2)c1. The number of hydrogen-bond donors (Lipinski definition) is 2. The summed E-state index contributed by atoms with van der Waals surface area (Å²) in [5.74, 6) is 0.775. The van der Waals surface area contributed by atoms with Gasteiger partial charge in [0.05, 0.1) is 19.8 Å². The highest BCUT2D eigenvalue weighted by atomic mass is 16.5. The normalized spacial score (nSPS) is 12.5. The van der Waals surface area contributed by atoms with Gasteiger partial charge < -0.3 is 14.9 Å². The van der Waals surface area contributed by atoms with Gasteiger partial charge in [-0.3, -0.25) is 4.99 Å². The molecule has 0 bridgehead atoms. The fourth-order valence-electron chi connectivity index (χ4n) is 1.79. The Balaban J connectivity index is 2.03. The van der Waals surface area contributed by atoms with E-state index in [1.807, 2.05) is 30.3 Å². The molecule has 104 valence electrons. The van der Waals surface area contributed by atoms with E-state index in [1.54, 1.807) is 25.3 Å². The van der Waals surface area contributed by atoms with Crippen molar-refractivity contribution in [1.29, 1.82) is 0 Å². The first-order valence-corrected chi connectivity index (χ1v) is 6.30. The summed E-state index contributed by atoms with van der Waals surface area (Å²) in [6.45, 7) is 0.237. The molecule has 4 nitrogen and oxygen atoms in total. The van der Waals surface area contributed by atoms with E-state index < -0.39 is 6.10 Å². The monoisotopic (exact) mass is 271 g/mol. The maximum Gasteiger partial charge on any atom is 0.124 e. The summed E-state index contributed by atoms with van der Waals surface area (Å²) in [6, 6.07) is 14.2. The standard InChI is InChI=1S/C16H17NO3/c1-20-14-7-8-15(18)13(9-14)10-17-11-16(19)12-5-3-2-4-6-12/h2-10,16,18-19H,11H2,1H3/t16-/m1/s1. The number of ether oxygens (including phenoxy) is 1. The Bertz CT molecular complexity index is 582. The zero-order chi connectivity index (χ0) is 14.4. The van der Waals surface area contributed by atoms with Crippen LogP contribution in [0.15, 0.2) is 53.5 Å². The second-order valence-electron chi connectivity index (χ2n) is 4.35. The van der Waals surface area contributed by atoms with Gasteiger partial charge in [0, 0.05) is 11.8 Å². The number of phenols is 1. The van der Waals surface area contributed by atoms with Crippen LogP contribution in [0.3, 0.4) is 0 Å². The Kier molecular flexibility index (Phi) is 4.74. The zero-order valence-corrected chi connectivity index (χ0v) is 11.2. The van der Waals surface area contributed by atoms with Gasteiger partial charge in [-0.25, -0.2) is 0 Å². The molecule has 2 aromatic rings. The molecule has 2 rings (SSSR count). The number of aromatic hydroxyl groups is 1. The largest absolute Gasteiger partial charge is 0.507 e. The van der Waals surface area contributed by atoms with Crippen molar-refractivity contribution in [3.05, 3.63) is 59.7 Å². The number of aliphatic hydroxyl groups is 1. The smallest absolute Gasteiger partial charge is 0.124 e. The van der Waals surface area contributed by atoms with Crippen molar-refractivity contribution >= 4 is 6.21 Å². The molecule has 0 amide bonds. The average molecular weight is 271 g/mol. The maximum atomic E-state index is 9.97. The van der Waals surface area contributed by atoms with Crippen LogP contribution in [0.25, 0.3) is 0 Å². The molecule has 4 heteroatoms. The number of aliphatic imine (C=N–C) groups is 1. The molecular formula is C16H17NO3. The van der Waals surface area contributed by atoms with E-state index in [2.05, 4.69) is 4.99 Å². The first-order valence-electron chi connectivity index (χ1n) is 6.30.